The van der Waals surface area contributed by atoms with Gasteiger partial charge in [0.05, 0.1) is 11.3 Å². The number of nitrogens with one attached hydrogen (secondary N) is 1. The van der Waals surface area contributed by atoms with Crippen LogP contribution in [0.15, 0.2) is 36.5 Å². The summed E-state index contributed by atoms with van der Waals surface area (Å²) in [7, 11) is 0. The predicted octanol–water partition coefficient (Wildman–Crippen LogP) is 3.33. The van der Waals surface area contributed by atoms with Gasteiger partial charge in [-0.25, -0.2) is 0 Å². The average Bonchev–Trinajstić information content (AvgIpc) is 2.46. The van der Waals surface area contributed by atoms with Gasteiger partial charge >= 0.3 is 0 Å². The van der Waals surface area contributed by atoms with E-state index in [-0.39, 0.29) is 11.3 Å². The van der Waals surface area contributed by atoms with E-state index < -0.39 is 0 Å². The van der Waals surface area contributed by atoms with E-state index in [1.54, 1.807) is 6.20 Å². The van der Waals surface area contributed by atoms with Crippen LogP contribution in [0.1, 0.15) is 42.3 Å². The summed E-state index contributed by atoms with van der Waals surface area (Å²) in [6.45, 7) is 7.32. The van der Waals surface area contributed by atoms with E-state index in [0.29, 0.717) is 12.1 Å². The van der Waals surface area contributed by atoms with Crippen LogP contribution < -0.4 is 5.32 Å². The third kappa shape index (κ3) is 2.68. The zero-order valence-corrected chi connectivity index (χ0v) is 12.7. The summed E-state index contributed by atoms with van der Waals surface area (Å²) < 4.78 is 0. The molecule has 1 aromatic carbocycles. The molecule has 3 nitrogen and oxygen atoms in total. The Bertz CT molecular complexity index is 681. The number of benzene rings is 1. The largest absolute Gasteiger partial charge is 0.352 e. The summed E-state index contributed by atoms with van der Waals surface area (Å²) in [5.74, 6) is -0.0154. The monoisotopic (exact) mass is 280 g/mol. The fourth-order valence-electron chi connectivity index (χ4n) is 2.61. The van der Waals surface area contributed by atoms with Crippen LogP contribution in [0.3, 0.4) is 0 Å². The average molecular weight is 280 g/mol. The van der Waals surface area contributed by atoms with Crippen LogP contribution in [-0.4, -0.2) is 17.4 Å². The third-order valence-electron chi connectivity index (χ3n) is 3.96. The Morgan fingerprint density at radius 1 is 1.14 bits per heavy atom. The molecule has 0 bridgehead atoms. The topological polar surface area (TPSA) is 42.0 Å². The van der Waals surface area contributed by atoms with Crippen LogP contribution in [0.4, 0.5) is 0 Å². The Kier molecular flexibility index (Phi) is 3.28. The van der Waals surface area contributed by atoms with Crippen molar-refractivity contribution in [1.29, 1.82) is 0 Å². The maximum absolute atomic E-state index is 11.7. The Balaban J connectivity index is 1.96. The maximum Gasteiger partial charge on any atom is 0.253 e. The fourth-order valence-corrected chi connectivity index (χ4v) is 2.61. The summed E-state index contributed by atoms with van der Waals surface area (Å²) >= 11 is 0. The van der Waals surface area contributed by atoms with Gasteiger partial charge < -0.3 is 5.32 Å². The van der Waals surface area contributed by atoms with Gasteiger partial charge in [-0.1, -0.05) is 45.0 Å². The van der Waals surface area contributed by atoms with E-state index in [0.717, 1.165) is 23.2 Å². The van der Waals surface area contributed by atoms with E-state index in [4.69, 9.17) is 0 Å². The third-order valence-corrected chi connectivity index (χ3v) is 3.96. The summed E-state index contributed by atoms with van der Waals surface area (Å²) in [5.41, 5.74) is 5.28. The number of nitrogens with zero attached hydrogens (tertiary/aromatic N) is 1. The Labute approximate surface area is 125 Å². The molecule has 108 valence electrons. The van der Waals surface area contributed by atoms with Crippen LogP contribution in [0.5, 0.6) is 0 Å². The minimum absolute atomic E-state index is 0.0154. The summed E-state index contributed by atoms with van der Waals surface area (Å²) in [5, 5.41) is 2.84. The van der Waals surface area contributed by atoms with Gasteiger partial charge in [0.1, 0.15) is 0 Å². The van der Waals surface area contributed by atoms with Crippen molar-refractivity contribution >= 4 is 5.91 Å². The molecule has 0 saturated carbocycles. The zero-order chi connectivity index (χ0) is 15.0. The molecule has 1 amide bonds. The maximum atomic E-state index is 11.7. The van der Waals surface area contributed by atoms with Crippen molar-refractivity contribution in [2.75, 3.05) is 6.54 Å². The molecule has 3 heteroatoms. The molecule has 0 fully saturated rings. The molecule has 0 spiro atoms. The highest BCUT2D eigenvalue weighted by atomic mass is 16.1. The number of hydrogen-bond donors (Lipinski definition) is 1. The van der Waals surface area contributed by atoms with Crippen molar-refractivity contribution < 1.29 is 4.79 Å². The van der Waals surface area contributed by atoms with Gasteiger partial charge in [0.15, 0.2) is 0 Å². The van der Waals surface area contributed by atoms with Crippen molar-refractivity contribution in [3.05, 3.63) is 53.2 Å². The first-order valence-corrected chi connectivity index (χ1v) is 7.33. The second-order valence-electron chi connectivity index (χ2n) is 6.56. The van der Waals surface area contributed by atoms with Crippen molar-refractivity contribution in [1.82, 2.24) is 10.3 Å². The number of amides is 1. The predicted molar refractivity (Wildman–Crippen MR) is 84.4 cm³/mol. The first-order chi connectivity index (χ1) is 9.95. The fraction of sp³-hybridized carbons (Fsp3) is 0.333. The standard InChI is InChI=1S/C18H20N2O/c1-18(2,3)14-6-4-12(5-7-14)16-10-13-8-9-19-17(21)15(13)11-20-16/h4-7,10-11H,8-9H2,1-3H3,(H,19,21). The van der Waals surface area contributed by atoms with Gasteiger partial charge in [0.2, 0.25) is 0 Å². The van der Waals surface area contributed by atoms with E-state index in [2.05, 4.69) is 55.3 Å². The van der Waals surface area contributed by atoms with Crippen molar-refractivity contribution in [3.63, 3.8) is 0 Å². The summed E-state index contributed by atoms with van der Waals surface area (Å²) in [6.07, 6.45) is 2.56. The van der Waals surface area contributed by atoms with E-state index in [1.165, 1.54) is 5.56 Å². The number of fused-ring (bicyclic) bond motifs is 1. The van der Waals surface area contributed by atoms with Crippen LogP contribution in [-0.2, 0) is 11.8 Å². The highest BCUT2D eigenvalue weighted by Gasteiger charge is 2.18. The molecule has 0 saturated heterocycles. The van der Waals surface area contributed by atoms with Gasteiger partial charge in [0.25, 0.3) is 5.91 Å². The minimum Gasteiger partial charge on any atom is -0.352 e. The molecule has 0 atom stereocenters. The normalized spacial score (nSPS) is 14.5. The van der Waals surface area contributed by atoms with Gasteiger partial charge in [0, 0.05) is 18.3 Å². The van der Waals surface area contributed by atoms with Gasteiger partial charge in [-0.2, -0.15) is 0 Å². The molecule has 21 heavy (non-hydrogen) atoms. The molecule has 0 radical (unpaired) electrons. The number of rotatable bonds is 1. The van der Waals surface area contributed by atoms with Crippen LogP contribution in [0, 0.1) is 0 Å². The number of pyridine rings is 1. The lowest BCUT2D eigenvalue weighted by Crippen LogP contribution is -2.31. The SMILES string of the molecule is CC(C)(C)c1ccc(-c2cc3c(cn2)C(=O)NCC3)cc1. The minimum atomic E-state index is -0.0154. The molecular formula is C18H20N2O. The Hall–Kier alpha value is -2.16. The molecule has 1 N–H and O–H groups in total. The number of carbonyl (C=O) groups is 1. The summed E-state index contributed by atoms with van der Waals surface area (Å²) in [4.78, 5) is 16.2. The molecule has 1 aliphatic rings. The number of aromatic nitrogens is 1. The Morgan fingerprint density at radius 2 is 1.86 bits per heavy atom. The first kappa shape index (κ1) is 13.8. The van der Waals surface area contributed by atoms with Crippen LogP contribution >= 0.6 is 0 Å². The number of hydrogen-bond acceptors (Lipinski definition) is 2. The lowest BCUT2D eigenvalue weighted by molar-refractivity contribution is 0.0945. The molecule has 3 rings (SSSR count). The quantitative estimate of drug-likeness (QED) is 0.870. The Morgan fingerprint density at radius 3 is 2.52 bits per heavy atom. The van der Waals surface area contributed by atoms with Crippen molar-refractivity contribution in [2.24, 2.45) is 0 Å². The molecule has 2 heterocycles. The van der Waals surface area contributed by atoms with E-state index in [1.807, 2.05) is 6.07 Å². The molecule has 0 unspecified atom stereocenters. The second kappa shape index (κ2) is 4.99. The second-order valence-corrected chi connectivity index (χ2v) is 6.56. The molecule has 1 aromatic heterocycles. The summed E-state index contributed by atoms with van der Waals surface area (Å²) in [6, 6.07) is 10.6. The van der Waals surface area contributed by atoms with Gasteiger partial charge in [-0.05, 0) is 29.0 Å². The van der Waals surface area contributed by atoms with Gasteiger partial charge in [-0.3, -0.25) is 9.78 Å². The van der Waals surface area contributed by atoms with Crippen molar-refractivity contribution in [2.45, 2.75) is 32.6 Å². The van der Waals surface area contributed by atoms with Crippen molar-refractivity contribution in [3.8, 4) is 11.3 Å². The molecule has 1 aliphatic heterocycles. The van der Waals surface area contributed by atoms with E-state index >= 15 is 0 Å². The molecular weight excluding hydrogens is 260 g/mol. The van der Waals surface area contributed by atoms with E-state index in [9.17, 15) is 4.79 Å². The zero-order valence-electron chi connectivity index (χ0n) is 12.7. The van der Waals surface area contributed by atoms with Crippen LogP contribution in [0.25, 0.3) is 11.3 Å². The molecule has 0 aliphatic carbocycles. The van der Waals surface area contributed by atoms with Crippen LogP contribution in [0.2, 0.25) is 0 Å². The lowest BCUT2D eigenvalue weighted by Gasteiger charge is -2.19. The smallest absolute Gasteiger partial charge is 0.253 e. The highest BCUT2D eigenvalue weighted by Crippen LogP contribution is 2.26. The molecule has 2 aromatic rings. The van der Waals surface area contributed by atoms with Gasteiger partial charge in [-0.15, -0.1) is 0 Å². The highest BCUT2D eigenvalue weighted by molar-refractivity contribution is 5.96. The first-order valence-electron chi connectivity index (χ1n) is 7.33. The lowest BCUT2D eigenvalue weighted by atomic mass is 9.86. The number of carbonyl (C=O) groups excluding carboxylic acids is 1.